The fraction of sp³-hybridized carbons (Fsp3) is 0. The van der Waals surface area contributed by atoms with Crippen LogP contribution in [0.25, 0.3) is 11.8 Å². The topological polar surface area (TPSA) is 46.5 Å². The zero-order chi connectivity index (χ0) is 14.8. The number of hydrogen-bond acceptors (Lipinski definition) is 3. The lowest BCUT2D eigenvalue weighted by atomic mass is 10.1. The number of benzene rings is 2. The van der Waals surface area contributed by atoms with Crippen molar-refractivity contribution in [1.29, 1.82) is 0 Å². The Hall–Kier alpha value is -2.88. The minimum atomic E-state index is -0.456. The fourth-order valence-electron chi connectivity index (χ4n) is 2.00. The van der Waals surface area contributed by atoms with Gasteiger partial charge in [0.15, 0.2) is 0 Å². The average molecular weight is 282 g/mol. The maximum absolute atomic E-state index is 12.9. The van der Waals surface area contributed by atoms with Crippen molar-refractivity contribution in [3.05, 3.63) is 77.1 Å². The number of ether oxygens (including phenoxy) is 1. The number of halogens is 1. The average Bonchev–Trinajstić information content (AvgIpc) is 2.83. The quantitative estimate of drug-likeness (QED) is 0.677. The summed E-state index contributed by atoms with van der Waals surface area (Å²) in [6.45, 7) is 0. The summed E-state index contributed by atoms with van der Waals surface area (Å²) in [5.74, 6) is -0.246. The number of phenols is 1. The summed E-state index contributed by atoms with van der Waals surface area (Å²) in [6, 6.07) is 12.2. The summed E-state index contributed by atoms with van der Waals surface area (Å²) in [7, 11) is 0. The van der Waals surface area contributed by atoms with Gasteiger partial charge in [0.2, 0.25) is 0 Å². The Kier molecular flexibility index (Phi) is 3.28. The van der Waals surface area contributed by atoms with Gasteiger partial charge in [-0.1, -0.05) is 12.1 Å². The van der Waals surface area contributed by atoms with Crippen LogP contribution in [0.5, 0.6) is 5.75 Å². The summed E-state index contributed by atoms with van der Waals surface area (Å²) in [4.78, 5) is 11.8. The number of aromatic hydroxyl groups is 1. The minimum absolute atomic E-state index is 0.161. The van der Waals surface area contributed by atoms with Crippen molar-refractivity contribution >= 4 is 17.8 Å². The van der Waals surface area contributed by atoms with E-state index in [1.165, 1.54) is 24.3 Å². The molecular weight excluding hydrogens is 271 g/mol. The predicted octanol–water partition coefficient (Wildman–Crippen LogP) is 3.51. The molecule has 0 spiro atoms. The lowest BCUT2D eigenvalue weighted by Gasteiger charge is -2.00. The molecule has 3 rings (SSSR count). The van der Waals surface area contributed by atoms with Gasteiger partial charge >= 0.3 is 5.97 Å². The molecule has 0 aromatic heterocycles. The maximum Gasteiger partial charge on any atom is 0.343 e. The molecule has 0 amide bonds. The second-order valence-electron chi connectivity index (χ2n) is 4.60. The van der Waals surface area contributed by atoms with Crippen LogP contribution in [0.3, 0.4) is 0 Å². The Morgan fingerprint density at radius 1 is 1.00 bits per heavy atom. The van der Waals surface area contributed by atoms with Gasteiger partial charge in [-0.15, -0.1) is 0 Å². The van der Waals surface area contributed by atoms with Gasteiger partial charge in [-0.3, -0.25) is 0 Å². The van der Waals surface area contributed by atoms with Crippen LogP contribution in [0, 0.1) is 5.82 Å². The molecule has 0 fully saturated rings. The van der Waals surface area contributed by atoms with Crippen molar-refractivity contribution in [2.75, 3.05) is 0 Å². The zero-order valence-electron chi connectivity index (χ0n) is 10.9. The molecule has 0 saturated heterocycles. The number of rotatable bonds is 2. The second kappa shape index (κ2) is 5.25. The van der Waals surface area contributed by atoms with Gasteiger partial charge in [0, 0.05) is 5.56 Å². The van der Waals surface area contributed by atoms with Gasteiger partial charge in [0.1, 0.15) is 17.3 Å². The molecule has 0 radical (unpaired) electrons. The Labute approximate surface area is 120 Å². The molecule has 3 nitrogen and oxygen atoms in total. The number of hydrogen-bond donors (Lipinski definition) is 1. The van der Waals surface area contributed by atoms with Crippen LogP contribution in [-0.2, 0) is 9.53 Å². The Morgan fingerprint density at radius 2 is 1.67 bits per heavy atom. The minimum Gasteiger partial charge on any atom is -0.508 e. The summed E-state index contributed by atoms with van der Waals surface area (Å²) >= 11 is 0. The first-order chi connectivity index (χ1) is 10.1. The molecule has 21 heavy (non-hydrogen) atoms. The fourth-order valence-corrected chi connectivity index (χ4v) is 2.00. The normalized spacial score (nSPS) is 16.0. The maximum atomic E-state index is 12.9. The highest BCUT2D eigenvalue weighted by Gasteiger charge is 2.21. The zero-order valence-corrected chi connectivity index (χ0v) is 10.9. The van der Waals surface area contributed by atoms with E-state index in [1.807, 2.05) is 0 Å². The van der Waals surface area contributed by atoms with E-state index >= 15 is 0 Å². The number of phenolic OH excluding ortho intramolecular Hbond substituents is 1. The molecule has 0 bridgehead atoms. The first kappa shape index (κ1) is 13.1. The first-order valence-corrected chi connectivity index (χ1v) is 6.32. The first-order valence-electron chi connectivity index (χ1n) is 6.32. The van der Waals surface area contributed by atoms with E-state index in [9.17, 15) is 14.3 Å². The number of carbonyl (C=O) groups is 1. The third-order valence-electron chi connectivity index (χ3n) is 3.07. The van der Waals surface area contributed by atoms with Gasteiger partial charge in [-0.25, -0.2) is 9.18 Å². The van der Waals surface area contributed by atoms with Crippen LogP contribution < -0.4 is 0 Å². The molecule has 4 heteroatoms. The lowest BCUT2D eigenvalue weighted by molar-refractivity contribution is -0.130. The van der Waals surface area contributed by atoms with Gasteiger partial charge in [0.25, 0.3) is 0 Å². The predicted molar refractivity (Wildman–Crippen MR) is 76.6 cm³/mol. The molecule has 1 heterocycles. The molecule has 0 aliphatic carbocycles. The number of esters is 1. The number of cyclic esters (lactones) is 1. The smallest absolute Gasteiger partial charge is 0.343 e. The second-order valence-corrected chi connectivity index (χ2v) is 4.60. The number of carbonyl (C=O) groups excluding carboxylic acids is 1. The van der Waals surface area contributed by atoms with Crippen molar-refractivity contribution in [3.63, 3.8) is 0 Å². The van der Waals surface area contributed by atoms with E-state index in [4.69, 9.17) is 4.74 Å². The van der Waals surface area contributed by atoms with E-state index in [2.05, 4.69) is 0 Å². The third kappa shape index (κ3) is 2.84. The van der Waals surface area contributed by atoms with Crippen LogP contribution in [0.1, 0.15) is 11.1 Å². The van der Waals surface area contributed by atoms with Crippen molar-refractivity contribution in [1.82, 2.24) is 0 Å². The third-order valence-corrected chi connectivity index (χ3v) is 3.07. The van der Waals surface area contributed by atoms with Crippen molar-refractivity contribution in [2.24, 2.45) is 0 Å². The van der Waals surface area contributed by atoms with Crippen molar-refractivity contribution < 1.29 is 19.0 Å². The van der Waals surface area contributed by atoms with Gasteiger partial charge in [0.05, 0.1) is 5.57 Å². The highest BCUT2D eigenvalue weighted by molar-refractivity contribution is 6.05. The Balaban J connectivity index is 1.91. The summed E-state index contributed by atoms with van der Waals surface area (Å²) < 4.78 is 18.1. The van der Waals surface area contributed by atoms with Gasteiger partial charge < -0.3 is 9.84 Å². The molecule has 1 aliphatic heterocycles. The molecule has 1 N–H and O–H groups in total. The Bertz CT molecular complexity index is 741. The molecule has 104 valence electrons. The van der Waals surface area contributed by atoms with Crippen molar-refractivity contribution in [3.8, 4) is 5.75 Å². The lowest BCUT2D eigenvalue weighted by Crippen LogP contribution is -1.97. The van der Waals surface area contributed by atoms with Gasteiger partial charge in [-0.05, 0) is 54.1 Å². The molecular formula is C17H11FO3. The monoisotopic (exact) mass is 282 g/mol. The molecule has 2 aromatic carbocycles. The largest absolute Gasteiger partial charge is 0.508 e. The van der Waals surface area contributed by atoms with Crippen LogP contribution in [0.4, 0.5) is 4.39 Å². The molecule has 0 saturated carbocycles. The standard InChI is InChI=1S/C17H11FO3/c18-14-5-3-12(4-6-14)16-10-13(17(20)21-16)9-11-1-7-15(19)8-2-11/h1-10,19H/b13-9-. The molecule has 1 aliphatic rings. The summed E-state index contributed by atoms with van der Waals surface area (Å²) in [6.07, 6.45) is 3.28. The summed E-state index contributed by atoms with van der Waals surface area (Å²) in [5.41, 5.74) is 1.82. The highest BCUT2D eigenvalue weighted by atomic mass is 19.1. The van der Waals surface area contributed by atoms with Crippen LogP contribution >= 0.6 is 0 Å². The van der Waals surface area contributed by atoms with E-state index < -0.39 is 5.97 Å². The van der Waals surface area contributed by atoms with E-state index in [-0.39, 0.29) is 11.6 Å². The molecule has 2 aromatic rings. The molecule has 0 atom stereocenters. The SMILES string of the molecule is O=C1OC(c2ccc(F)cc2)=C/C1=C/c1ccc(O)cc1. The van der Waals surface area contributed by atoms with Crippen LogP contribution in [0.2, 0.25) is 0 Å². The van der Waals surface area contributed by atoms with E-state index in [0.29, 0.717) is 16.9 Å². The van der Waals surface area contributed by atoms with E-state index in [0.717, 1.165) is 5.56 Å². The highest BCUT2D eigenvalue weighted by Crippen LogP contribution is 2.27. The van der Waals surface area contributed by atoms with E-state index in [1.54, 1.807) is 36.4 Å². The van der Waals surface area contributed by atoms with Crippen LogP contribution in [0.15, 0.2) is 60.2 Å². The van der Waals surface area contributed by atoms with Crippen LogP contribution in [-0.4, -0.2) is 11.1 Å². The summed E-state index contributed by atoms with van der Waals surface area (Å²) in [5, 5.41) is 9.23. The van der Waals surface area contributed by atoms with Crippen molar-refractivity contribution in [2.45, 2.75) is 0 Å². The van der Waals surface area contributed by atoms with Gasteiger partial charge in [-0.2, -0.15) is 0 Å². The Morgan fingerprint density at radius 3 is 2.33 bits per heavy atom. The molecule has 0 unspecified atom stereocenters.